The van der Waals surface area contributed by atoms with Crippen LogP contribution in [0.25, 0.3) is 22.4 Å². The first-order chi connectivity index (χ1) is 18.2. The fourth-order valence-electron chi connectivity index (χ4n) is 4.52. The second-order valence-corrected chi connectivity index (χ2v) is 8.94. The van der Waals surface area contributed by atoms with E-state index in [0.717, 1.165) is 10.6 Å². The molecule has 1 aromatic carbocycles. The van der Waals surface area contributed by atoms with Gasteiger partial charge in [-0.25, -0.2) is 14.0 Å². The van der Waals surface area contributed by atoms with Crippen molar-refractivity contribution >= 4 is 17.0 Å². The van der Waals surface area contributed by atoms with Gasteiger partial charge in [0.05, 0.1) is 28.7 Å². The fourth-order valence-corrected chi connectivity index (χ4v) is 4.52. The third kappa shape index (κ3) is 4.88. The number of pyridine rings is 1. The number of carboxylic acid groups (broad SMARTS) is 1. The molecule has 4 aromatic rings. The number of hydrogen-bond donors (Lipinski definition) is 1. The highest BCUT2D eigenvalue weighted by molar-refractivity contribution is 5.78. The van der Waals surface area contributed by atoms with Crippen molar-refractivity contribution in [2.75, 3.05) is 13.1 Å². The van der Waals surface area contributed by atoms with Gasteiger partial charge in [-0.2, -0.15) is 8.78 Å². The summed E-state index contributed by atoms with van der Waals surface area (Å²) >= 11 is 0. The summed E-state index contributed by atoms with van der Waals surface area (Å²) in [6.45, 7) is 0.658. The number of fused-ring (bicyclic) bond motifs is 1. The molecular weight excluding hydrogens is 509 g/mol. The Morgan fingerprint density at radius 1 is 1.11 bits per heavy atom. The van der Waals surface area contributed by atoms with Gasteiger partial charge in [0.1, 0.15) is 5.82 Å². The molecule has 0 saturated carbocycles. The lowest BCUT2D eigenvalue weighted by Gasteiger charge is -2.30. The monoisotopic (exact) mass is 530 g/mol. The fraction of sp³-hybridized carbons (Fsp3) is 0.333. The molecule has 0 spiro atoms. The summed E-state index contributed by atoms with van der Waals surface area (Å²) in [6, 6.07) is 6.59. The first kappa shape index (κ1) is 25.2. The zero-order valence-corrected chi connectivity index (χ0v) is 19.8. The van der Waals surface area contributed by atoms with E-state index in [1.807, 2.05) is 0 Å². The normalized spacial score (nSPS) is 14.5. The Labute approximate surface area is 211 Å². The van der Waals surface area contributed by atoms with Crippen LogP contribution in [0.4, 0.5) is 18.0 Å². The van der Waals surface area contributed by atoms with Crippen molar-refractivity contribution in [2.24, 2.45) is 5.92 Å². The van der Waals surface area contributed by atoms with E-state index < -0.39 is 35.5 Å². The van der Waals surface area contributed by atoms with Gasteiger partial charge < -0.3 is 14.4 Å². The lowest BCUT2D eigenvalue weighted by atomic mass is 9.97. The standard InChI is InChI=1S/C24H21F3N6O5/c25-15-2-4-18-17(9-15)22(34)33(23(35)32(18)11-13-5-7-31(8-6-13)24(36)37)12-16-3-1-14(10-28-16)20-29-30-21(38-20)19(26)27/h1-4,9-10,13,19H,5-8,11-12H2,(H,36,37). The molecule has 11 nitrogen and oxygen atoms in total. The smallest absolute Gasteiger partial charge is 0.407 e. The minimum Gasteiger partial charge on any atom is -0.465 e. The van der Waals surface area contributed by atoms with Crippen LogP contribution in [-0.2, 0) is 13.1 Å². The molecule has 14 heteroatoms. The van der Waals surface area contributed by atoms with Crippen LogP contribution in [0.2, 0.25) is 0 Å². The average molecular weight is 530 g/mol. The van der Waals surface area contributed by atoms with Crippen LogP contribution < -0.4 is 11.2 Å². The molecular formula is C24H21F3N6O5. The minimum atomic E-state index is -2.92. The molecule has 1 aliphatic heterocycles. The third-order valence-electron chi connectivity index (χ3n) is 6.53. The maximum atomic E-state index is 14.1. The van der Waals surface area contributed by atoms with Crippen LogP contribution in [0.1, 0.15) is 30.9 Å². The summed E-state index contributed by atoms with van der Waals surface area (Å²) in [5, 5.41) is 16.0. The highest BCUT2D eigenvalue weighted by Gasteiger charge is 2.24. The first-order valence-electron chi connectivity index (χ1n) is 11.7. The summed E-state index contributed by atoms with van der Waals surface area (Å²) in [7, 11) is 0. The number of nitrogens with zero attached hydrogens (tertiary/aromatic N) is 6. The van der Waals surface area contributed by atoms with Crippen molar-refractivity contribution in [2.45, 2.75) is 32.4 Å². The van der Waals surface area contributed by atoms with Gasteiger partial charge in [0.15, 0.2) is 0 Å². The van der Waals surface area contributed by atoms with Crippen LogP contribution in [0.5, 0.6) is 0 Å². The number of halogens is 3. The molecule has 5 rings (SSSR count). The SMILES string of the molecule is O=C(O)N1CCC(Cn2c(=O)n(Cc3ccc(-c4nnc(C(F)F)o4)cn3)c(=O)c3cc(F)ccc32)CC1. The molecule has 1 amide bonds. The van der Waals surface area contributed by atoms with Crippen LogP contribution in [0.3, 0.4) is 0 Å². The van der Waals surface area contributed by atoms with Gasteiger partial charge in [0, 0.05) is 25.8 Å². The molecule has 0 unspecified atom stereocenters. The van der Waals surface area contributed by atoms with Gasteiger partial charge in [-0.05, 0) is 49.1 Å². The summed E-state index contributed by atoms with van der Waals surface area (Å²) < 4.78 is 46.8. The Kier molecular flexibility index (Phi) is 6.70. The number of benzene rings is 1. The highest BCUT2D eigenvalue weighted by Crippen LogP contribution is 2.23. The van der Waals surface area contributed by atoms with Crippen molar-refractivity contribution in [3.8, 4) is 11.5 Å². The van der Waals surface area contributed by atoms with E-state index in [1.165, 1.54) is 39.9 Å². The number of piperidine rings is 1. The van der Waals surface area contributed by atoms with E-state index in [-0.39, 0.29) is 41.4 Å². The molecule has 38 heavy (non-hydrogen) atoms. The largest absolute Gasteiger partial charge is 0.465 e. The number of likely N-dealkylation sites (tertiary alicyclic amines) is 1. The predicted molar refractivity (Wildman–Crippen MR) is 126 cm³/mol. The summed E-state index contributed by atoms with van der Waals surface area (Å²) in [6.07, 6.45) is -1.56. The number of rotatable bonds is 6. The van der Waals surface area contributed by atoms with E-state index in [0.29, 0.717) is 31.6 Å². The molecule has 3 aromatic heterocycles. The number of hydrogen-bond acceptors (Lipinski definition) is 7. The molecule has 0 aliphatic carbocycles. The number of aromatic nitrogens is 5. The quantitative estimate of drug-likeness (QED) is 0.402. The zero-order chi connectivity index (χ0) is 27.0. The van der Waals surface area contributed by atoms with Gasteiger partial charge in [-0.1, -0.05) is 0 Å². The molecule has 0 radical (unpaired) electrons. The summed E-state index contributed by atoms with van der Waals surface area (Å²) in [4.78, 5) is 43.4. The second kappa shape index (κ2) is 10.1. The summed E-state index contributed by atoms with van der Waals surface area (Å²) in [5.41, 5.74) is -0.442. The Hall–Kier alpha value is -4.49. The molecule has 1 N–H and O–H groups in total. The number of amides is 1. The van der Waals surface area contributed by atoms with Crippen molar-refractivity contribution in [3.05, 3.63) is 74.8 Å². The molecule has 1 aliphatic rings. The molecule has 1 saturated heterocycles. The van der Waals surface area contributed by atoms with Crippen LogP contribution in [-0.4, -0.2) is 53.5 Å². The average Bonchev–Trinajstić information content (AvgIpc) is 3.41. The Bertz CT molecular complexity index is 1610. The topological polar surface area (TPSA) is 136 Å². The maximum Gasteiger partial charge on any atom is 0.407 e. The van der Waals surface area contributed by atoms with Crippen molar-refractivity contribution < 1.29 is 27.5 Å². The predicted octanol–water partition coefficient (Wildman–Crippen LogP) is 3.12. The van der Waals surface area contributed by atoms with Crippen LogP contribution >= 0.6 is 0 Å². The van der Waals surface area contributed by atoms with Gasteiger partial charge in [0.25, 0.3) is 11.4 Å². The van der Waals surface area contributed by atoms with Crippen LogP contribution in [0.15, 0.2) is 50.5 Å². The van der Waals surface area contributed by atoms with Crippen molar-refractivity contribution in [1.29, 1.82) is 0 Å². The number of alkyl halides is 2. The lowest BCUT2D eigenvalue weighted by Crippen LogP contribution is -2.43. The minimum absolute atomic E-state index is 0.0209. The molecule has 0 atom stereocenters. The van der Waals surface area contributed by atoms with E-state index in [1.54, 1.807) is 0 Å². The maximum absolute atomic E-state index is 14.1. The van der Waals surface area contributed by atoms with E-state index in [9.17, 15) is 32.7 Å². The zero-order valence-electron chi connectivity index (χ0n) is 19.8. The lowest BCUT2D eigenvalue weighted by molar-refractivity contribution is 0.116. The van der Waals surface area contributed by atoms with Crippen molar-refractivity contribution in [1.82, 2.24) is 29.2 Å². The van der Waals surface area contributed by atoms with E-state index in [2.05, 4.69) is 15.2 Å². The molecule has 198 valence electrons. The Balaban J connectivity index is 1.46. The molecule has 4 heterocycles. The summed E-state index contributed by atoms with van der Waals surface area (Å²) in [5.74, 6) is -1.64. The Morgan fingerprint density at radius 3 is 2.50 bits per heavy atom. The van der Waals surface area contributed by atoms with Gasteiger partial charge in [0.2, 0.25) is 5.89 Å². The third-order valence-corrected chi connectivity index (χ3v) is 6.53. The second-order valence-electron chi connectivity index (χ2n) is 8.94. The van der Waals surface area contributed by atoms with Crippen LogP contribution in [0, 0.1) is 11.7 Å². The number of carbonyl (C=O) groups is 1. The van der Waals surface area contributed by atoms with Gasteiger partial charge >= 0.3 is 18.2 Å². The van der Waals surface area contributed by atoms with E-state index >= 15 is 0 Å². The van der Waals surface area contributed by atoms with E-state index in [4.69, 9.17) is 4.42 Å². The van der Waals surface area contributed by atoms with Gasteiger partial charge in [-0.3, -0.25) is 18.9 Å². The van der Waals surface area contributed by atoms with Gasteiger partial charge in [-0.15, -0.1) is 10.2 Å². The molecule has 0 bridgehead atoms. The Morgan fingerprint density at radius 2 is 1.87 bits per heavy atom. The highest BCUT2D eigenvalue weighted by atomic mass is 19.3. The molecule has 1 fully saturated rings. The van der Waals surface area contributed by atoms with Crippen molar-refractivity contribution in [3.63, 3.8) is 0 Å². The first-order valence-corrected chi connectivity index (χ1v) is 11.7.